The molecule has 2 rings (SSSR count). The number of H-pyrrole nitrogens is 1. The maximum absolute atomic E-state index is 11.5. The average Bonchev–Trinajstić information content (AvgIpc) is 2.73. The van der Waals surface area contributed by atoms with Gasteiger partial charge in [-0.15, -0.1) is 5.10 Å². The van der Waals surface area contributed by atoms with E-state index in [9.17, 15) is 4.79 Å². The van der Waals surface area contributed by atoms with Crippen molar-refractivity contribution in [3.8, 4) is 0 Å². The number of nitrogens with one attached hydrogen (secondary N) is 2. The topological polar surface area (TPSA) is 70.7 Å². The molecular formula is C12H12N4O. The molecule has 0 saturated heterocycles. The Labute approximate surface area is 98.6 Å². The number of benzene rings is 1. The first-order valence-electron chi connectivity index (χ1n) is 5.17. The number of aromatic amines is 1. The van der Waals surface area contributed by atoms with Gasteiger partial charge in [-0.05, 0) is 18.6 Å². The van der Waals surface area contributed by atoms with E-state index in [2.05, 4.69) is 20.5 Å². The van der Waals surface area contributed by atoms with Gasteiger partial charge in [0.05, 0.1) is 0 Å². The van der Waals surface area contributed by atoms with Crippen molar-refractivity contribution in [2.45, 2.75) is 6.92 Å². The molecule has 2 aromatic rings. The fraction of sp³-hybridized carbons (Fsp3) is 0.0833. The van der Waals surface area contributed by atoms with Crippen LogP contribution in [0.1, 0.15) is 11.4 Å². The summed E-state index contributed by atoms with van der Waals surface area (Å²) in [7, 11) is 0. The van der Waals surface area contributed by atoms with E-state index in [0.717, 1.165) is 5.56 Å². The quantitative estimate of drug-likeness (QED) is 0.786. The summed E-state index contributed by atoms with van der Waals surface area (Å²) in [6.07, 6.45) is 3.18. The molecule has 0 unspecified atom stereocenters. The van der Waals surface area contributed by atoms with Crippen LogP contribution in [0.3, 0.4) is 0 Å². The van der Waals surface area contributed by atoms with E-state index < -0.39 is 0 Å². The monoisotopic (exact) mass is 228 g/mol. The lowest BCUT2D eigenvalue weighted by atomic mass is 10.2. The zero-order chi connectivity index (χ0) is 12.1. The van der Waals surface area contributed by atoms with Crippen LogP contribution in [0.15, 0.2) is 36.4 Å². The molecule has 0 aliphatic heterocycles. The van der Waals surface area contributed by atoms with Gasteiger partial charge in [0.1, 0.15) is 5.82 Å². The van der Waals surface area contributed by atoms with E-state index in [-0.39, 0.29) is 11.9 Å². The van der Waals surface area contributed by atoms with E-state index in [1.807, 2.05) is 30.3 Å². The average molecular weight is 228 g/mol. The van der Waals surface area contributed by atoms with Gasteiger partial charge in [0.25, 0.3) is 5.91 Å². The van der Waals surface area contributed by atoms with Crippen LogP contribution in [0.25, 0.3) is 6.08 Å². The molecule has 0 bridgehead atoms. The Morgan fingerprint density at radius 1 is 1.35 bits per heavy atom. The second-order valence-electron chi connectivity index (χ2n) is 3.48. The van der Waals surface area contributed by atoms with E-state index in [1.165, 1.54) is 6.08 Å². The van der Waals surface area contributed by atoms with Crippen LogP contribution in [-0.2, 0) is 4.79 Å². The third-order valence-electron chi connectivity index (χ3n) is 2.06. The molecule has 0 saturated carbocycles. The SMILES string of the molecule is Cc1nc(NC(=O)/C=C/c2ccccc2)n[nH]1. The fourth-order valence-electron chi connectivity index (χ4n) is 1.29. The van der Waals surface area contributed by atoms with Crippen molar-refractivity contribution in [1.29, 1.82) is 0 Å². The van der Waals surface area contributed by atoms with Gasteiger partial charge in [-0.3, -0.25) is 15.2 Å². The molecule has 1 aromatic carbocycles. The summed E-state index contributed by atoms with van der Waals surface area (Å²) in [5.74, 6) is 0.686. The molecule has 17 heavy (non-hydrogen) atoms. The number of hydrogen-bond acceptors (Lipinski definition) is 3. The molecule has 0 spiro atoms. The first-order chi connectivity index (χ1) is 8.24. The molecule has 1 heterocycles. The number of aryl methyl sites for hydroxylation is 1. The van der Waals surface area contributed by atoms with Crippen LogP contribution in [0.5, 0.6) is 0 Å². The van der Waals surface area contributed by atoms with Crippen molar-refractivity contribution in [1.82, 2.24) is 15.2 Å². The van der Waals surface area contributed by atoms with Gasteiger partial charge in [0.15, 0.2) is 0 Å². The Kier molecular flexibility index (Phi) is 3.30. The Bertz CT molecular complexity index is 530. The number of carbonyl (C=O) groups is 1. The zero-order valence-corrected chi connectivity index (χ0v) is 9.34. The molecule has 0 radical (unpaired) electrons. The molecule has 1 amide bonds. The smallest absolute Gasteiger partial charge is 0.250 e. The molecule has 5 heteroatoms. The Morgan fingerprint density at radius 2 is 2.12 bits per heavy atom. The molecule has 0 fully saturated rings. The maximum Gasteiger partial charge on any atom is 0.250 e. The minimum atomic E-state index is -0.257. The third kappa shape index (κ3) is 3.27. The first-order valence-corrected chi connectivity index (χ1v) is 5.17. The van der Waals surface area contributed by atoms with Crippen molar-refractivity contribution < 1.29 is 4.79 Å². The number of anilines is 1. The van der Waals surface area contributed by atoms with Crippen LogP contribution in [0.2, 0.25) is 0 Å². The normalized spacial score (nSPS) is 10.6. The Balaban J connectivity index is 1.96. The lowest BCUT2D eigenvalue weighted by Gasteiger charge is -1.94. The van der Waals surface area contributed by atoms with Gasteiger partial charge in [0.2, 0.25) is 5.95 Å². The van der Waals surface area contributed by atoms with Crippen LogP contribution in [0, 0.1) is 6.92 Å². The molecule has 0 aliphatic carbocycles. The summed E-state index contributed by atoms with van der Waals surface area (Å²) in [5.41, 5.74) is 0.966. The highest BCUT2D eigenvalue weighted by Gasteiger charge is 2.01. The number of rotatable bonds is 3. The number of aromatic nitrogens is 3. The third-order valence-corrected chi connectivity index (χ3v) is 2.06. The number of amides is 1. The predicted molar refractivity (Wildman–Crippen MR) is 65.2 cm³/mol. The molecule has 0 aliphatic rings. The Hall–Kier alpha value is -2.43. The number of carbonyl (C=O) groups excluding carboxylic acids is 1. The van der Waals surface area contributed by atoms with Gasteiger partial charge in [-0.2, -0.15) is 4.98 Å². The lowest BCUT2D eigenvalue weighted by molar-refractivity contribution is -0.111. The summed E-state index contributed by atoms with van der Waals surface area (Å²) >= 11 is 0. The number of nitrogens with zero attached hydrogens (tertiary/aromatic N) is 2. The standard InChI is InChI=1S/C12H12N4O/c1-9-13-12(16-15-9)14-11(17)8-7-10-5-3-2-4-6-10/h2-8H,1H3,(H2,13,14,15,16,17)/b8-7+. The molecule has 86 valence electrons. The van der Waals surface area contributed by atoms with Gasteiger partial charge in [-0.1, -0.05) is 30.3 Å². The van der Waals surface area contributed by atoms with Crippen molar-refractivity contribution >= 4 is 17.9 Å². The van der Waals surface area contributed by atoms with Crippen molar-refractivity contribution in [2.75, 3.05) is 5.32 Å². The van der Waals surface area contributed by atoms with Crippen molar-refractivity contribution in [3.05, 3.63) is 47.8 Å². The Morgan fingerprint density at radius 3 is 2.76 bits per heavy atom. The summed E-state index contributed by atoms with van der Waals surface area (Å²) in [5, 5.41) is 9.01. The minimum Gasteiger partial charge on any atom is -0.290 e. The molecular weight excluding hydrogens is 216 g/mol. The largest absolute Gasteiger partial charge is 0.290 e. The first kappa shape index (κ1) is 11.1. The summed E-state index contributed by atoms with van der Waals surface area (Å²) in [6, 6.07) is 9.59. The van der Waals surface area contributed by atoms with E-state index in [1.54, 1.807) is 13.0 Å². The van der Waals surface area contributed by atoms with Gasteiger partial charge < -0.3 is 0 Å². The second-order valence-corrected chi connectivity index (χ2v) is 3.48. The highest BCUT2D eigenvalue weighted by Crippen LogP contribution is 2.02. The molecule has 0 atom stereocenters. The summed E-state index contributed by atoms with van der Waals surface area (Å²) in [4.78, 5) is 15.5. The van der Waals surface area contributed by atoms with Crippen molar-refractivity contribution in [3.63, 3.8) is 0 Å². The highest BCUT2D eigenvalue weighted by molar-refractivity contribution is 6.00. The zero-order valence-electron chi connectivity index (χ0n) is 9.34. The van der Waals surface area contributed by atoms with Gasteiger partial charge in [0, 0.05) is 6.08 Å². The lowest BCUT2D eigenvalue weighted by Crippen LogP contribution is -2.09. The van der Waals surface area contributed by atoms with Crippen LogP contribution in [0.4, 0.5) is 5.95 Å². The van der Waals surface area contributed by atoms with E-state index in [0.29, 0.717) is 5.82 Å². The van der Waals surface area contributed by atoms with E-state index in [4.69, 9.17) is 0 Å². The fourth-order valence-corrected chi connectivity index (χ4v) is 1.29. The van der Waals surface area contributed by atoms with Crippen molar-refractivity contribution in [2.24, 2.45) is 0 Å². The van der Waals surface area contributed by atoms with Crippen LogP contribution >= 0.6 is 0 Å². The summed E-state index contributed by atoms with van der Waals surface area (Å²) in [6.45, 7) is 1.77. The highest BCUT2D eigenvalue weighted by atomic mass is 16.1. The maximum atomic E-state index is 11.5. The second kappa shape index (κ2) is 5.07. The number of hydrogen-bond donors (Lipinski definition) is 2. The van der Waals surface area contributed by atoms with Crippen LogP contribution in [-0.4, -0.2) is 21.1 Å². The summed E-state index contributed by atoms with van der Waals surface area (Å²) < 4.78 is 0. The molecule has 2 N–H and O–H groups in total. The van der Waals surface area contributed by atoms with Crippen LogP contribution < -0.4 is 5.32 Å². The van der Waals surface area contributed by atoms with Gasteiger partial charge >= 0.3 is 0 Å². The van der Waals surface area contributed by atoms with Gasteiger partial charge in [-0.25, -0.2) is 0 Å². The molecule has 5 nitrogen and oxygen atoms in total. The van der Waals surface area contributed by atoms with E-state index >= 15 is 0 Å². The predicted octanol–water partition coefficient (Wildman–Crippen LogP) is 1.77. The minimum absolute atomic E-state index is 0.257. The molecule has 1 aromatic heterocycles.